The zero-order valence-corrected chi connectivity index (χ0v) is 10.8. The molecule has 1 fully saturated rings. The number of nitriles is 1. The van der Waals surface area contributed by atoms with Crippen LogP contribution < -0.4 is 10.6 Å². The molecule has 1 aromatic carbocycles. The number of rotatable bonds is 4. The summed E-state index contributed by atoms with van der Waals surface area (Å²) in [6.45, 7) is 1.52. The molecule has 98 valence electrons. The van der Waals surface area contributed by atoms with Crippen LogP contribution in [0.15, 0.2) is 18.2 Å². The minimum Gasteiger partial charge on any atom is -0.326 e. The number of hydrogen-bond acceptors (Lipinski definition) is 3. The Hall–Kier alpha value is -1.86. The third-order valence-electron chi connectivity index (χ3n) is 4.14. The second-order valence-corrected chi connectivity index (χ2v) is 5.57. The van der Waals surface area contributed by atoms with Crippen LogP contribution in [-0.4, -0.2) is 12.5 Å². The molecule has 1 heterocycles. The fourth-order valence-electron chi connectivity index (χ4n) is 2.77. The van der Waals surface area contributed by atoms with Gasteiger partial charge in [-0.3, -0.25) is 4.79 Å². The standard InChI is InChI=1S/C15H17N3O/c16-9-15(4-1-5-15)10-17-8-11-2-3-13-12(6-11)7-14(19)18-13/h2-3,6,17H,1,4-5,7-8,10H2,(H,18,19). The Morgan fingerprint density at radius 3 is 2.95 bits per heavy atom. The predicted molar refractivity (Wildman–Crippen MR) is 72.4 cm³/mol. The normalized spacial score (nSPS) is 19.2. The lowest BCUT2D eigenvalue weighted by molar-refractivity contribution is -0.115. The molecule has 1 aromatic rings. The summed E-state index contributed by atoms with van der Waals surface area (Å²) in [6.07, 6.45) is 3.67. The summed E-state index contributed by atoms with van der Waals surface area (Å²) in [5, 5.41) is 15.4. The van der Waals surface area contributed by atoms with E-state index < -0.39 is 0 Å². The number of amides is 1. The minimum absolute atomic E-state index is 0.0676. The van der Waals surface area contributed by atoms with E-state index in [2.05, 4.69) is 22.8 Å². The Balaban J connectivity index is 1.58. The van der Waals surface area contributed by atoms with E-state index in [1.165, 1.54) is 12.0 Å². The van der Waals surface area contributed by atoms with Gasteiger partial charge in [-0.2, -0.15) is 5.26 Å². The number of nitrogens with one attached hydrogen (secondary N) is 2. The van der Waals surface area contributed by atoms with Crippen molar-refractivity contribution in [2.24, 2.45) is 5.41 Å². The third kappa shape index (κ3) is 2.34. The van der Waals surface area contributed by atoms with Gasteiger partial charge >= 0.3 is 0 Å². The second kappa shape index (κ2) is 4.67. The van der Waals surface area contributed by atoms with Gasteiger partial charge in [0.1, 0.15) is 0 Å². The average Bonchev–Trinajstić information content (AvgIpc) is 2.72. The van der Waals surface area contributed by atoms with Gasteiger partial charge in [0.05, 0.1) is 17.9 Å². The molecule has 4 nitrogen and oxygen atoms in total. The van der Waals surface area contributed by atoms with Crippen molar-refractivity contribution in [3.63, 3.8) is 0 Å². The molecule has 0 bridgehead atoms. The zero-order chi connectivity index (χ0) is 13.3. The molecule has 2 aliphatic rings. The Morgan fingerprint density at radius 2 is 2.26 bits per heavy atom. The summed E-state index contributed by atoms with van der Waals surface area (Å²) in [7, 11) is 0. The summed E-state index contributed by atoms with van der Waals surface area (Å²) in [5.41, 5.74) is 3.04. The molecule has 19 heavy (non-hydrogen) atoms. The molecule has 0 unspecified atom stereocenters. The smallest absolute Gasteiger partial charge is 0.228 e. The zero-order valence-electron chi connectivity index (χ0n) is 10.8. The lowest BCUT2D eigenvalue weighted by atomic mass is 9.70. The van der Waals surface area contributed by atoms with E-state index in [0.29, 0.717) is 6.42 Å². The SMILES string of the molecule is N#CC1(CNCc2ccc3c(c2)CC(=O)N3)CCC1. The van der Waals surface area contributed by atoms with Crippen LogP contribution in [0.4, 0.5) is 5.69 Å². The van der Waals surface area contributed by atoms with E-state index in [4.69, 9.17) is 5.26 Å². The maximum atomic E-state index is 11.3. The number of nitrogens with zero attached hydrogens (tertiary/aromatic N) is 1. The van der Waals surface area contributed by atoms with Crippen LogP contribution in [0.25, 0.3) is 0 Å². The van der Waals surface area contributed by atoms with Crippen LogP contribution in [0.3, 0.4) is 0 Å². The van der Waals surface area contributed by atoms with Crippen LogP contribution in [0.2, 0.25) is 0 Å². The summed E-state index contributed by atoms with van der Waals surface area (Å²) in [4.78, 5) is 11.3. The molecule has 2 N–H and O–H groups in total. The molecule has 0 atom stereocenters. The second-order valence-electron chi connectivity index (χ2n) is 5.57. The van der Waals surface area contributed by atoms with Crippen LogP contribution in [-0.2, 0) is 17.8 Å². The molecule has 1 amide bonds. The number of hydrogen-bond donors (Lipinski definition) is 2. The van der Waals surface area contributed by atoms with Crippen LogP contribution in [0.1, 0.15) is 30.4 Å². The molecule has 0 aromatic heterocycles. The average molecular weight is 255 g/mol. The van der Waals surface area contributed by atoms with Gasteiger partial charge in [0.25, 0.3) is 0 Å². The molecular formula is C15H17N3O. The molecule has 1 aliphatic carbocycles. The van der Waals surface area contributed by atoms with Crippen LogP contribution in [0, 0.1) is 16.7 Å². The van der Waals surface area contributed by atoms with Gasteiger partial charge in [-0.15, -0.1) is 0 Å². The van der Waals surface area contributed by atoms with E-state index in [0.717, 1.165) is 37.2 Å². The first-order chi connectivity index (χ1) is 9.21. The molecular weight excluding hydrogens is 238 g/mol. The molecule has 0 radical (unpaired) electrons. The van der Waals surface area contributed by atoms with Gasteiger partial charge in [-0.25, -0.2) is 0 Å². The monoisotopic (exact) mass is 255 g/mol. The highest BCUT2D eigenvalue weighted by Crippen LogP contribution is 2.39. The minimum atomic E-state index is -0.131. The Bertz CT molecular complexity index is 555. The Morgan fingerprint density at radius 1 is 1.42 bits per heavy atom. The molecule has 0 saturated heterocycles. The number of carbonyl (C=O) groups excluding carboxylic acids is 1. The van der Waals surface area contributed by atoms with E-state index in [9.17, 15) is 4.79 Å². The third-order valence-corrected chi connectivity index (χ3v) is 4.14. The summed E-state index contributed by atoms with van der Waals surface area (Å²) < 4.78 is 0. The largest absolute Gasteiger partial charge is 0.326 e. The van der Waals surface area contributed by atoms with Crippen molar-refractivity contribution in [3.05, 3.63) is 29.3 Å². The molecule has 3 rings (SSSR count). The highest BCUT2D eigenvalue weighted by atomic mass is 16.1. The van der Waals surface area contributed by atoms with Crippen molar-refractivity contribution in [1.82, 2.24) is 5.32 Å². The number of benzene rings is 1. The first kappa shape index (κ1) is 12.2. The van der Waals surface area contributed by atoms with Gasteiger partial charge in [0, 0.05) is 18.8 Å². The molecule has 1 saturated carbocycles. The number of carbonyl (C=O) groups is 1. The molecule has 4 heteroatoms. The van der Waals surface area contributed by atoms with E-state index in [-0.39, 0.29) is 11.3 Å². The fraction of sp³-hybridized carbons (Fsp3) is 0.467. The maximum Gasteiger partial charge on any atom is 0.228 e. The first-order valence-corrected chi connectivity index (χ1v) is 6.74. The van der Waals surface area contributed by atoms with Gasteiger partial charge in [0.15, 0.2) is 0 Å². The van der Waals surface area contributed by atoms with Crippen molar-refractivity contribution in [2.75, 3.05) is 11.9 Å². The lowest BCUT2D eigenvalue weighted by Gasteiger charge is -2.35. The topological polar surface area (TPSA) is 64.9 Å². The highest BCUT2D eigenvalue weighted by Gasteiger charge is 2.36. The van der Waals surface area contributed by atoms with Crippen molar-refractivity contribution in [2.45, 2.75) is 32.2 Å². The molecule has 0 spiro atoms. The van der Waals surface area contributed by atoms with Crippen LogP contribution >= 0.6 is 0 Å². The van der Waals surface area contributed by atoms with Gasteiger partial charge in [0.2, 0.25) is 5.91 Å². The van der Waals surface area contributed by atoms with Crippen molar-refractivity contribution in [3.8, 4) is 6.07 Å². The summed E-state index contributed by atoms with van der Waals surface area (Å²) in [6, 6.07) is 8.49. The van der Waals surface area contributed by atoms with Gasteiger partial charge < -0.3 is 10.6 Å². The number of fused-ring (bicyclic) bond motifs is 1. The van der Waals surface area contributed by atoms with Gasteiger partial charge in [-0.05, 0) is 30.0 Å². The predicted octanol–water partition coefficient (Wildman–Crippen LogP) is 1.96. The van der Waals surface area contributed by atoms with Crippen molar-refractivity contribution >= 4 is 11.6 Å². The maximum absolute atomic E-state index is 11.3. The lowest BCUT2D eigenvalue weighted by Crippen LogP contribution is -2.38. The van der Waals surface area contributed by atoms with Crippen molar-refractivity contribution < 1.29 is 4.79 Å². The quantitative estimate of drug-likeness (QED) is 0.864. The Kier molecular flexibility index (Phi) is 3.00. The number of anilines is 1. The van der Waals surface area contributed by atoms with E-state index in [1.54, 1.807) is 0 Å². The Labute approximate surface area is 112 Å². The molecule has 1 aliphatic heterocycles. The highest BCUT2D eigenvalue weighted by molar-refractivity contribution is 5.99. The van der Waals surface area contributed by atoms with E-state index in [1.807, 2.05) is 12.1 Å². The van der Waals surface area contributed by atoms with Crippen LogP contribution in [0.5, 0.6) is 0 Å². The summed E-state index contributed by atoms with van der Waals surface area (Å²) >= 11 is 0. The van der Waals surface area contributed by atoms with Gasteiger partial charge in [-0.1, -0.05) is 18.6 Å². The van der Waals surface area contributed by atoms with E-state index >= 15 is 0 Å². The summed E-state index contributed by atoms with van der Waals surface area (Å²) in [5.74, 6) is 0.0676. The van der Waals surface area contributed by atoms with Crippen molar-refractivity contribution in [1.29, 1.82) is 5.26 Å². The first-order valence-electron chi connectivity index (χ1n) is 6.74. The fourth-order valence-corrected chi connectivity index (χ4v) is 2.77.